The van der Waals surface area contributed by atoms with Gasteiger partial charge in [-0.3, -0.25) is 4.98 Å². The zero-order chi connectivity index (χ0) is 28.3. The van der Waals surface area contributed by atoms with E-state index in [-0.39, 0.29) is 36.2 Å². The number of nitrogens with zero attached hydrogens (tertiary/aromatic N) is 2. The number of ether oxygens (including phenoxy) is 3. The quantitative estimate of drug-likeness (QED) is 0.199. The van der Waals surface area contributed by atoms with E-state index in [4.69, 9.17) is 24.2 Å². The van der Waals surface area contributed by atoms with Crippen LogP contribution in [0.4, 0.5) is 0 Å². The normalized spacial score (nSPS) is 11.3. The second-order valence-corrected chi connectivity index (χ2v) is 10.7. The van der Waals surface area contributed by atoms with Gasteiger partial charge in [-0.15, -0.1) is 0 Å². The van der Waals surface area contributed by atoms with Crippen molar-refractivity contribution >= 4 is 34.2 Å². The lowest BCUT2D eigenvalue weighted by molar-refractivity contribution is 0.0523. The Morgan fingerprint density at radius 2 is 1.44 bits per heavy atom. The number of rotatable bonds is 9. The standard InChI is InChI=1S/C31H34N2O5S/c1-8-37-30(34)25-24(26(31(35)38-9-2)28(18(5)6)33-27(25)17(3)4)21-14-13-19-11-10-12-20(29(19)32-21)22-15-16-23(36-7)39-22/h10-18H,8-9H2,1-7H3. The molecule has 0 amide bonds. The third kappa shape index (κ3) is 5.52. The van der Waals surface area contributed by atoms with Crippen LogP contribution in [0.5, 0.6) is 5.06 Å². The highest BCUT2D eigenvalue weighted by molar-refractivity contribution is 7.17. The first kappa shape index (κ1) is 28.2. The van der Waals surface area contributed by atoms with Gasteiger partial charge in [0.2, 0.25) is 0 Å². The van der Waals surface area contributed by atoms with Crippen LogP contribution >= 0.6 is 11.3 Å². The molecule has 0 unspecified atom stereocenters. The van der Waals surface area contributed by atoms with Crippen molar-refractivity contribution in [2.45, 2.75) is 53.4 Å². The van der Waals surface area contributed by atoms with E-state index in [1.54, 1.807) is 21.0 Å². The van der Waals surface area contributed by atoms with Crippen molar-refractivity contribution in [3.63, 3.8) is 0 Å². The molecule has 39 heavy (non-hydrogen) atoms. The highest BCUT2D eigenvalue weighted by atomic mass is 32.1. The van der Waals surface area contributed by atoms with Crippen LogP contribution in [0.3, 0.4) is 0 Å². The van der Waals surface area contributed by atoms with Crippen LogP contribution in [-0.2, 0) is 9.47 Å². The molecule has 4 rings (SSSR count). The third-order valence-corrected chi connectivity index (χ3v) is 7.41. The van der Waals surface area contributed by atoms with Gasteiger partial charge in [-0.2, -0.15) is 0 Å². The summed E-state index contributed by atoms with van der Waals surface area (Å²) in [4.78, 5) is 38.0. The third-order valence-electron chi connectivity index (χ3n) is 6.33. The number of fused-ring (bicyclic) bond motifs is 1. The summed E-state index contributed by atoms with van der Waals surface area (Å²) in [6, 6.07) is 13.7. The van der Waals surface area contributed by atoms with E-state index in [0.29, 0.717) is 22.6 Å². The number of thiophene rings is 1. The van der Waals surface area contributed by atoms with Crippen molar-refractivity contribution in [2.75, 3.05) is 20.3 Å². The Kier molecular flexibility index (Phi) is 8.65. The van der Waals surface area contributed by atoms with Gasteiger partial charge in [0.25, 0.3) is 0 Å². The van der Waals surface area contributed by atoms with Crippen molar-refractivity contribution in [1.29, 1.82) is 0 Å². The lowest BCUT2D eigenvalue weighted by atomic mass is 9.88. The molecule has 7 nitrogen and oxygen atoms in total. The van der Waals surface area contributed by atoms with Crippen molar-refractivity contribution in [3.8, 4) is 26.8 Å². The number of methoxy groups -OCH3 is 1. The van der Waals surface area contributed by atoms with Crippen molar-refractivity contribution < 1.29 is 23.8 Å². The second-order valence-electron chi connectivity index (χ2n) is 9.65. The molecule has 0 aliphatic carbocycles. The maximum Gasteiger partial charge on any atom is 0.340 e. The van der Waals surface area contributed by atoms with Gasteiger partial charge in [0, 0.05) is 21.4 Å². The molecule has 4 aromatic rings. The molecule has 3 heterocycles. The Hall–Kier alpha value is -3.78. The number of carbonyl (C=O) groups excluding carboxylic acids is 2. The molecule has 8 heteroatoms. The maximum absolute atomic E-state index is 13.5. The van der Waals surface area contributed by atoms with E-state index >= 15 is 0 Å². The molecular weight excluding hydrogens is 512 g/mol. The molecule has 0 atom stereocenters. The zero-order valence-corrected chi connectivity index (χ0v) is 24.3. The lowest BCUT2D eigenvalue weighted by Gasteiger charge is -2.23. The number of hydrogen-bond acceptors (Lipinski definition) is 8. The Morgan fingerprint density at radius 3 is 1.95 bits per heavy atom. The molecule has 0 fully saturated rings. The first-order chi connectivity index (χ1) is 18.7. The summed E-state index contributed by atoms with van der Waals surface area (Å²) in [5, 5.41) is 1.73. The van der Waals surface area contributed by atoms with Gasteiger partial charge in [-0.05, 0) is 43.9 Å². The van der Waals surface area contributed by atoms with Crippen LogP contribution in [0.2, 0.25) is 0 Å². The summed E-state index contributed by atoms with van der Waals surface area (Å²) in [6.45, 7) is 11.8. The largest absolute Gasteiger partial charge is 0.487 e. The Labute approximate surface area is 233 Å². The topological polar surface area (TPSA) is 87.6 Å². The number of hydrogen-bond donors (Lipinski definition) is 0. The summed E-state index contributed by atoms with van der Waals surface area (Å²) >= 11 is 1.52. The molecule has 0 radical (unpaired) electrons. The van der Waals surface area contributed by atoms with Gasteiger partial charge in [-0.25, -0.2) is 14.6 Å². The molecule has 0 N–H and O–H groups in total. The fourth-order valence-corrected chi connectivity index (χ4v) is 5.44. The number of carbonyl (C=O) groups is 2. The van der Waals surface area contributed by atoms with Gasteiger partial charge in [0.1, 0.15) is 0 Å². The summed E-state index contributed by atoms with van der Waals surface area (Å²) in [5.41, 5.74) is 4.20. The van der Waals surface area contributed by atoms with Crippen LogP contribution in [-0.4, -0.2) is 42.2 Å². The SMILES string of the molecule is CCOC(=O)c1c(C(C)C)nc(C(C)C)c(C(=O)OCC)c1-c1ccc2cccc(-c3ccc(OC)s3)c2n1. The molecule has 0 aliphatic rings. The molecule has 0 saturated carbocycles. The van der Waals surface area contributed by atoms with Crippen LogP contribution in [0, 0.1) is 0 Å². The molecule has 204 valence electrons. The van der Waals surface area contributed by atoms with Gasteiger partial charge in [0.15, 0.2) is 5.06 Å². The van der Waals surface area contributed by atoms with E-state index in [1.807, 2.05) is 70.2 Å². The van der Waals surface area contributed by atoms with Crippen LogP contribution < -0.4 is 4.74 Å². The summed E-state index contributed by atoms with van der Waals surface area (Å²) in [6.07, 6.45) is 0. The maximum atomic E-state index is 13.5. The fourth-order valence-electron chi connectivity index (χ4n) is 4.59. The molecular formula is C31H34N2O5S. The minimum atomic E-state index is -0.539. The van der Waals surface area contributed by atoms with E-state index < -0.39 is 11.9 Å². The Morgan fingerprint density at radius 1 is 0.821 bits per heavy atom. The molecule has 1 aromatic carbocycles. The highest BCUT2D eigenvalue weighted by Crippen LogP contribution is 2.40. The zero-order valence-electron chi connectivity index (χ0n) is 23.5. The first-order valence-electron chi connectivity index (χ1n) is 13.2. The van der Waals surface area contributed by atoms with Crippen molar-refractivity contribution in [2.24, 2.45) is 0 Å². The monoisotopic (exact) mass is 546 g/mol. The number of esters is 2. The molecule has 0 aliphatic heterocycles. The molecule has 0 saturated heterocycles. The van der Waals surface area contributed by atoms with Crippen molar-refractivity contribution in [3.05, 3.63) is 65.0 Å². The van der Waals surface area contributed by atoms with Crippen molar-refractivity contribution in [1.82, 2.24) is 9.97 Å². The Balaban J connectivity index is 2.13. The number of pyridine rings is 2. The van der Waals surface area contributed by atoms with E-state index in [1.165, 1.54) is 11.3 Å². The van der Waals surface area contributed by atoms with Crippen LogP contribution in [0.15, 0.2) is 42.5 Å². The predicted octanol–water partition coefficient (Wildman–Crippen LogP) is 7.63. The predicted molar refractivity (Wildman–Crippen MR) is 155 cm³/mol. The van der Waals surface area contributed by atoms with Crippen LogP contribution in [0.1, 0.15) is 85.5 Å². The van der Waals surface area contributed by atoms with E-state index in [0.717, 1.165) is 26.4 Å². The number of benzene rings is 1. The van der Waals surface area contributed by atoms with Gasteiger partial charge in [0.05, 0.1) is 54.0 Å². The highest BCUT2D eigenvalue weighted by Gasteiger charge is 2.33. The average Bonchev–Trinajstić information content (AvgIpc) is 3.40. The lowest BCUT2D eigenvalue weighted by Crippen LogP contribution is -2.21. The summed E-state index contributed by atoms with van der Waals surface area (Å²) < 4.78 is 16.4. The smallest absolute Gasteiger partial charge is 0.340 e. The Bertz CT molecular complexity index is 1470. The van der Waals surface area contributed by atoms with Gasteiger partial charge in [-0.1, -0.05) is 63.3 Å². The molecule has 0 bridgehead atoms. The van der Waals surface area contributed by atoms with Crippen LogP contribution in [0.25, 0.3) is 32.6 Å². The minimum Gasteiger partial charge on any atom is -0.487 e. The first-order valence-corrected chi connectivity index (χ1v) is 14.0. The van der Waals surface area contributed by atoms with E-state index in [2.05, 4.69) is 0 Å². The van der Waals surface area contributed by atoms with E-state index in [9.17, 15) is 9.59 Å². The summed E-state index contributed by atoms with van der Waals surface area (Å²) in [5.74, 6) is -1.29. The summed E-state index contributed by atoms with van der Waals surface area (Å²) in [7, 11) is 1.64. The minimum absolute atomic E-state index is 0.105. The molecule has 0 spiro atoms. The number of para-hydroxylation sites is 1. The number of aromatic nitrogens is 2. The van der Waals surface area contributed by atoms with Gasteiger partial charge < -0.3 is 14.2 Å². The molecule has 3 aromatic heterocycles. The van der Waals surface area contributed by atoms with Gasteiger partial charge >= 0.3 is 11.9 Å². The fraction of sp³-hybridized carbons (Fsp3) is 0.355. The average molecular weight is 547 g/mol. The second kappa shape index (κ2) is 11.9.